The van der Waals surface area contributed by atoms with Gasteiger partial charge < -0.3 is 28.2 Å². The van der Waals surface area contributed by atoms with Gasteiger partial charge in [-0.15, -0.1) is 0 Å². The van der Waals surface area contributed by atoms with Crippen LogP contribution in [0.3, 0.4) is 0 Å². The smallest absolute Gasteiger partial charge is 0.306 e. The van der Waals surface area contributed by atoms with Crippen LogP contribution in [0.1, 0.15) is 288 Å². The molecule has 0 radical (unpaired) electrons. The molecule has 0 aromatic rings. The van der Waals surface area contributed by atoms with Crippen molar-refractivity contribution in [1.82, 2.24) is 14.7 Å². The van der Waals surface area contributed by atoms with Crippen LogP contribution in [0.25, 0.3) is 0 Å². The predicted octanol–water partition coefficient (Wildman–Crippen LogP) is 17.4. The summed E-state index contributed by atoms with van der Waals surface area (Å²) in [7, 11) is -4.44. The Morgan fingerprint density at radius 2 is 0.841 bits per heavy atom. The Kier molecular flexibility index (Phi) is 43.9. The zero-order valence-electron chi connectivity index (χ0n) is 56.8. The topological polar surface area (TPSA) is 127 Å². The largest absolute Gasteiger partial charge is 0.466 e. The lowest BCUT2D eigenvalue weighted by atomic mass is 10.0. The number of piperazine rings is 1. The Hall–Kier alpha value is -1.40. The first-order chi connectivity index (χ1) is 38.9. The van der Waals surface area contributed by atoms with E-state index in [9.17, 15) is 19.5 Å². The van der Waals surface area contributed by atoms with Crippen LogP contribution >= 0.6 is 0 Å². The molecule has 1 saturated heterocycles. The SMILES string of the molecule is CCCCCCCCCCCOC(=O)CCCC(CN(CCCC(=O)OCCN1CC(C)N(CCO)CC1C)CC(CCCCCC(=O)OC(CCCCCCCC)CCCCCCCC)O[Si](C)(C)C(C)(C)C)O[Si](C)(C)C(C)(C)C. The second-order valence-corrected chi connectivity index (χ2v) is 37.8. The van der Waals surface area contributed by atoms with Crippen molar-refractivity contribution in [2.24, 2.45) is 0 Å². The van der Waals surface area contributed by atoms with Gasteiger partial charge in [-0.05, 0) is 121 Å². The highest BCUT2D eigenvalue weighted by molar-refractivity contribution is 6.74. The van der Waals surface area contributed by atoms with Crippen LogP contribution in [-0.2, 0) is 37.4 Å². The van der Waals surface area contributed by atoms with E-state index in [1.165, 1.54) is 109 Å². The van der Waals surface area contributed by atoms with E-state index in [0.717, 1.165) is 83.7 Å². The van der Waals surface area contributed by atoms with Crippen LogP contribution in [-0.4, -0.2) is 150 Å². The summed E-state index contributed by atoms with van der Waals surface area (Å²) in [5, 5.41) is 9.57. The van der Waals surface area contributed by atoms with E-state index in [2.05, 4.69) is 117 Å². The molecule has 0 aromatic heterocycles. The van der Waals surface area contributed by atoms with Gasteiger partial charge in [0.25, 0.3) is 0 Å². The summed E-state index contributed by atoms with van der Waals surface area (Å²) >= 11 is 0. The first-order valence-electron chi connectivity index (χ1n) is 34.6. The molecule has 0 amide bonds. The van der Waals surface area contributed by atoms with Gasteiger partial charge in [0.1, 0.15) is 12.7 Å². The Bertz CT molecular complexity index is 1570. The molecule has 14 heteroatoms. The summed E-state index contributed by atoms with van der Waals surface area (Å²) in [4.78, 5) is 47.3. The van der Waals surface area contributed by atoms with Crippen molar-refractivity contribution in [2.45, 2.75) is 355 Å². The number of hydrogen-bond donors (Lipinski definition) is 1. The highest BCUT2D eigenvalue weighted by Crippen LogP contribution is 2.39. The molecule has 1 aliphatic heterocycles. The van der Waals surface area contributed by atoms with Gasteiger partial charge in [0.2, 0.25) is 0 Å². The molecule has 1 N–H and O–H groups in total. The molecule has 12 nitrogen and oxygen atoms in total. The normalized spacial score (nSPS) is 16.8. The number of hydrogen-bond acceptors (Lipinski definition) is 12. The number of ether oxygens (including phenoxy) is 3. The van der Waals surface area contributed by atoms with Crippen LogP contribution < -0.4 is 0 Å². The monoisotopic (exact) mass is 1200 g/mol. The van der Waals surface area contributed by atoms with Crippen LogP contribution in [0.4, 0.5) is 0 Å². The minimum atomic E-state index is -2.23. The van der Waals surface area contributed by atoms with Gasteiger partial charge >= 0.3 is 17.9 Å². The molecule has 0 saturated carbocycles. The molecule has 4 unspecified atom stereocenters. The number of nitrogens with zero attached hydrogens (tertiary/aromatic N) is 3. The highest BCUT2D eigenvalue weighted by atomic mass is 28.4. The number of aliphatic hydroxyl groups excluding tert-OH is 1. The maximum Gasteiger partial charge on any atom is 0.306 e. The summed E-state index contributed by atoms with van der Waals surface area (Å²) in [6, 6.07) is 0.657. The molecule has 486 valence electrons. The number of carbonyl (C=O) groups is 3. The van der Waals surface area contributed by atoms with Gasteiger partial charge in [0.15, 0.2) is 16.6 Å². The Balaban J connectivity index is 3.25. The summed E-state index contributed by atoms with van der Waals surface area (Å²) in [6.07, 6.45) is 34.7. The minimum absolute atomic E-state index is 0.000200. The predicted molar refractivity (Wildman–Crippen MR) is 351 cm³/mol. The van der Waals surface area contributed by atoms with E-state index >= 15 is 0 Å². The molecule has 1 rings (SSSR count). The van der Waals surface area contributed by atoms with Gasteiger partial charge in [-0.2, -0.15) is 0 Å². The summed E-state index contributed by atoms with van der Waals surface area (Å²) in [6.45, 7) is 40.6. The second-order valence-electron chi connectivity index (χ2n) is 28.3. The van der Waals surface area contributed by atoms with Gasteiger partial charge in [0.05, 0.1) is 25.4 Å². The minimum Gasteiger partial charge on any atom is -0.466 e. The molecule has 82 heavy (non-hydrogen) atoms. The Morgan fingerprint density at radius 1 is 0.476 bits per heavy atom. The maximum absolute atomic E-state index is 13.5. The lowest BCUT2D eigenvalue weighted by molar-refractivity contribution is -0.150. The molecule has 1 aliphatic rings. The first-order valence-corrected chi connectivity index (χ1v) is 40.4. The summed E-state index contributed by atoms with van der Waals surface area (Å²) in [5.74, 6) is -0.328. The molecular weight excluding hydrogens is 1060 g/mol. The highest BCUT2D eigenvalue weighted by Gasteiger charge is 2.41. The van der Waals surface area contributed by atoms with Crippen molar-refractivity contribution in [3.63, 3.8) is 0 Å². The average molecular weight is 1200 g/mol. The fourth-order valence-corrected chi connectivity index (χ4v) is 13.7. The third-order valence-electron chi connectivity index (χ3n) is 18.5. The number of esters is 3. The molecule has 0 aromatic carbocycles. The van der Waals surface area contributed by atoms with E-state index in [0.29, 0.717) is 90.1 Å². The zero-order chi connectivity index (χ0) is 61.3. The Labute approximate surface area is 509 Å². The van der Waals surface area contributed by atoms with Gasteiger partial charge in [-0.1, -0.05) is 191 Å². The van der Waals surface area contributed by atoms with E-state index in [1.54, 1.807) is 0 Å². The van der Waals surface area contributed by atoms with Crippen molar-refractivity contribution in [2.75, 3.05) is 65.6 Å². The van der Waals surface area contributed by atoms with Crippen molar-refractivity contribution >= 4 is 34.5 Å². The van der Waals surface area contributed by atoms with E-state index < -0.39 is 16.6 Å². The number of carbonyl (C=O) groups excluding carboxylic acids is 3. The van der Waals surface area contributed by atoms with Crippen molar-refractivity contribution in [3.05, 3.63) is 0 Å². The van der Waals surface area contributed by atoms with Crippen molar-refractivity contribution in [3.8, 4) is 0 Å². The number of β-amino-alcohol motifs (C(OH)–C–C–N with tert-alkyl or cyclic N) is 1. The lowest BCUT2D eigenvalue weighted by Gasteiger charge is -2.43. The van der Waals surface area contributed by atoms with Gasteiger partial charge in [0, 0.05) is 70.6 Å². The number of unbranched alkanes of at least 4 members (excludes halogenated alkanes) is 20. The van der Waals surface area contributed by atoms with Crippen LogP contribution in [0.2, 0.25) is 36.3 Å². The molecular formula is C68H137N3O9Si2. The van der Waals surface area contributed by atoms with Crippen molar-refractivity contribution < 1.29 is 42.6 Å². The first kappa shape index (κ1) is 78.6. The fraction of sp³-hybridized carbons (Fsp3) is 0.956. The molecule has 4 atom stereocenters. The fourth-order valence-electron chi connectivity index (χ4n) is 11.0. The van der Waals surface area contributed by atoms with Crippen LogP contribution in [0, 0.1) is 0 Å². The van der Waals surface area contributed by atoms with Crippen LogP contribution in [0.15, 0.2) is 0 Å². The third-order valence-corrected chi connectivity index (χ3v) is 27.5. The van der Waals surface area contributed by atoms with Gasteiger partial charge in [-0.25, -0.2) is 0 Å². The molecule has 0 aliphatic carbocycles. The molecule has 1 heterocycles. The lowest BCUT2D eigenvalue weighted by Crippen LogP contribution is -2.57. The van der Waals surface area contributed by atoms with Crippen LogP contribution in [0.5, 0.6) is 0 Å². The second kappa shape index (κ2) is 45.8. The van der Waals surface area contributed by atoms with Crippen molar-refractivity contribution in [1.29, 1.82) is 0 Å². The average Bonchev–Trinajstić information content (AvgIpc) is 3.43. The third kappa shape index (κ3) is 38.0. The number of rotatable bonds is 52. The quantitative estimate of drug-likeness (QED) is 0.0270. The van der Waals surface area contributed by atoms with E-state index in [4.69, 9.17) is 23.1 Å². The van der Waals surface area contributed by atoms with E-state index in [1.807, 2.05) is 0 Å². The summed E-state index contributed by atoms with van der Waals surface area (Å²) < 4.78 is 32.6. The summed E-state index contributed by atoms with van der Waals surface area (Å²) in [5.41, 5.74) is 0. The standard InChI is InChI=1S/C68H137N3O9Si2/c1-16-19-22-25-28-29-30-33-39-53-76-64(73)47-40-45-63(80-82(14,15)68(9,10)11)58-69(49-41-48-65(74)77-54-51-71-56-59(4)70(50-52-72)55-60(71)5)57-62(79-81(12,13)67(6,7)8)44-37-34-38-46-66(75)78-61(42-35-31-26-23-20-17-2)43-36-32-27-24-21-18-3/h59-63,72H,16-58H2,1-15H3. The van der Waals surface area contributed by atoms with E-state index in [-0.39, 0.29) is 52.9 Å². The maximum atomic E-state index is 13.5. The molecule has 1 fully saturated rings. The Morgan fingerprint density at radius 3 is 1.29 bits per heavy atom. The number of aliphatic hydroxyl groups is 1. The molecule has 0 bridgehead atoms. The van der Waals surface area contributed by atoms with Gasteiger partial charge in [-0.3, -0.25) is 29.1 Å². The zero-order valence-corrected chi connectivity index (χ0v) is 58.8. The molecule has 0 spiro atoms.